The number of nitrogens with zero attached hydrogens (tertiary/aromatic N) is 1. The van der Waals surface area contributed by atoms with E-state index >= 15 is 0 Å². The molecular formula is C15H18ClNO4. The molecule has 0 radical (unpaired) electrons. The molecule has 0 saturated carbocycles. The molecular weight excluding hydrogens is 294 g/mol. The van der Waals surface area contributed by atoms with E-state index in [-0.39, 0.29) is 25.0 Å². The maximum atomic E-state index is 12.1. The predicted molar refractivity (Wildman–Crippen MR) is 78.7 cm³/mol. The van der Waals surface area contributed by atoms with Crippen molar-refractivity contribution in [3.63, 3.8) is 0 Å². The molecule has 114 valence electrons. The average Bonchev–Trinajstić information content (AvgIpc) is 2.87. The lowest BCUT2D eigenvalue weighted by Crippen LogP contribution is -2.39. The third-order valence-corrected chi connectivity index (χ3v) is 4.02. The molecule has 0 aromatic heterocycles. The van der Waals surface area contributed by atoms with Crippen molar-refractivity contribution < 1.29 is 19.4 Å². The Kier molecular flexibility index (Phi) is 5.07. The first-order chi connectivity index (χ1) is 9.97. The second kappa shape index (κ2) is 6.80. The summed E-state index contributed by atoms with van der Waals surface area (Å²) < 4.78 is 5.47. The largest absolute Gasteiger partial charge is 0.484 e. The van der Waals surface area contributed by atoms with Crippen LogP contribution in [0, 0.1) is 6.92 Å². The van der Waals surface area contributed by atoms with Gasteiger partial charge in [0.25, 0.3) is 5.91 Å². The lowest BCUT2D eigenvalue weighted by atomic mass is 10.1. The number of carbonyl (C=O) groups excluding carboxylic acids is 1. The summed E-state index contributed by atoms with van der Waals surface area (Å²) in [6.07, 6.45) is 1.56. The highest BCUT2D eigenvalue weighted by Gasteiger charge is 2.30. The number of likely N-dealkylation sites (tertiary alicyclic amines) is 1. The van der Waals surface area contributed by atoms with Crippen molar-refractivity contribution in [2.75, 3.05) is 13.2 Å². The van der Waals surface area contributed by atoms with Crippen molar-refractivity contribution >= 4 is 23.5 Å². The Morgan fingerprint density at radius 3 is 2.90 bits per heavy atom. The molecule has 1 aliphatic rings. The fourth-order valence-corrected chi connectivity index (χ4v) is 2.63. The number of carbonyl (C=O) groups is 2. The van der Waals surface area contributed by atoms with Crippen LogP contribution in [0.25, 0.3) is 0 Å². The Morgan fingerprint density at radius 1 is 1.48 bits per heavy atom. The van der Waals surface area contributed by atoms with Gasteiger partial charge in [0.05, 0.1) is 6.42 Å². The molecule has 21 heavy (non-hydrogen) atoms. The number of ether oxygens (including phenoxy) is 1. The Balaban J connectivity index is 1.91. The maximum absolute atomic E-state index is 12.1. The first-order valence-corrected chi connectivity index (χ1v) is 7.25. The molecule has 1 atom stereocenters. The van der Waals surface area contributed by atoms with Crippen molar-refractivity contribution in [3.8, 4) is 5.75 Å². The van der Waals surface area contributed by atoms with E-state index in [9.17, 15) is 9.59 Å². The van der Waals surface area contributed by atoms with E-state index in [1.807, 2.05) is 6.92 Å². The monoisotopic (exact) mass is 311 g/mol. The van der Waals surface area contributed by atoms with E-state index in [1.54, 1.807) is 23.1 Å². The van der Waals surface area contributed by atoms with Gasteiger partial charge < -0.3 is 14.7 Å². The number of hydrogen-bond acceptors (Lipinski definition) is 3. The Hall–Kier alpha value is -1.75. The molecule has 1 saturated heterocycles. The number of amides is 1. The van der Waals surface area contributed by atoms with Crippen LogP contribution in [0.4, 0.5) is 0 Å². The molecule has 1 heterocycles. The molecule has 1 fully saturated rings. The second-order valence-corrected chi connectivity index (χ2v) is 5.59. The molecule has 0 bridgehead atoms. The number of hydrogen-bond donors (Lipinski definition) is 1. The summed E-state index contributed by atoms with van der Waals surface area (Å²) in [7, 11) is 0. The Labute approximate surface area is 128 Å². The van der Waals surface area contributed by atoms with Gasteiger partial charge in [0.2, 0.25) is 0 Å². The van der Waals surface area contributed by atoms with Gasteiger partial charge in [-0.2, -0.15) is 0 Å². The van der Waals surface area contributed by atoms with Crippen LogP contribution in [0.3, 0.4) is 0 Å². The quantitative estimate of drug-likeness (QED) is 0.907. The summed E-state index contributed by atoms with van der Waals surface area (Å²) in [5, 5.41) is 9.50. The zero-order valence-electron chi connectivity index (χ0n) is 11.8. The van der Waals surface area contributed by atoms with Crippen LogP contribution in [0.15, 0.2) is 18.2 Å². The first-order valence-electron chi connectivity index (χ1n) is 6.87. The van der Waals surface area contributed by atoms with Gasteiger partial charge in [-0.05, 0) is 43.5 Å². The highest BCUT2D eigenvalue weighted by atomic mass is 35.5. The summed E-state index contributed by atoms with van der Waals surface area (Å²) >= 11 is 5.93. The van der Waals surface area contributed by atoms with Crippen LogP contribution in [0.1, 0.15) is 24.8 Å². The average molecular weight is 312 g/mol. The molecule has 1 amide bonds. The van der Waals surface area contributed by atoms with Gasteiger partial charge in [0.1, 0.15) is 5.75 Å². The normalized spacial score (nSPS) is 17.8. The van der Waals surface area contributed by atoms with E-state index in [0.717, 1.165) is 18.4 Å². The second-order valence-electron chi connectivity index (χ2n) is 5.18. The SMILES string of the molecule is Cc1cc(OCC(=O)N2CCCC2CC(=O)O)ccc1Cl. The van der Waals surface area contributed by atoms with Crippen LogP contribution in [0.2, 0.25) is 5.02 Å². The topological polar surface area (TPSA) is 66.8 Å². The molecule has 1 N–H and O–H groups in total. The molecule has 2 rings (SSSR count). The van der Waals surface area contributed by atoms with E-state index in [0.29, 0.717) is 17.3 Å². The highest BCUT2D eigenvalue weighted by Crippen LogP contribution is 2.23. The predicted octanol–water partition coefficient (Wildman–Crippen LogP) is 2.49. The number of halogens is 1. The van der Waals surface area contributed by atoms with Gasteiger partial charge in [-0.3, -0.25) is 9.59 Å². The summed E-state index contributed by atoms with van der Waals surface area (Å²) in [6.45, 7) is 2.37. The van der Waals surface area contributed by atoms with Crippen LogP contribution < -0.4 is 4.74 Å². The van der Waals surface area contributed by atoms with Crippen LogP contribution in [-0.2, 0) is 9.59 Å². The number of aliphatic carboxylic acids is 1. The minimum absolute atomic E-state index is 0.00814. The van der Waals surface area contributed by atoms with Crippen molar-refractivity contribution in [2.45, 2.75) is 32.2 Å². The fourth-order valence-electron chi connectivity index (χ4n) is 2.51. The fraction of sp³-hybridized carbons (Fsp3) is 0.467. The summed E-state index contributed by atoms with van der Waals surface area (Å²) in [4.78, 5) is 24.5. The Morgan fingerprint density at radius 2 is 2.24 bits per heavy atom. The molecule has 1 aromatic carbocycles. The smallest absolute Gasteiger partial charge is 0.305 e. The standard InChI is InChI=1S/C15H18ClNO4/c1-10-7-12(4-5-13(10)16)21-9-14(18)17-6-2-3-11(17)8-15(19)20/h4-5,7,11H,2-3,6,8-9H2,1H3,(H,19,20). The molecule has 1 aliphatic heterocycles. The molecule has 1 aromatic rings. The summed E-state index contributed by atoms with van der Waals surface area (Å²) in [5.41, 5.74) is 0.881. The first kappa shape index (κ1) is 15.6. The van der Waals surface area contributed by atoms with Crippen molar-refractivity contribution in [1.82, 2.24) is 4.90 Å². The number of carboxylic acid groups (broad SMARTS) is 1. The van der Waals surface area contributed by atoms with Gasteiger partial charge >= 0.3 is 5.97 Å². The van der Waals surface area contributed by atoms with Crippen molar-refractivity contribution in [1.29, 1.82) is 0 Å². The zero-order valence-corrected chi connectivity index (χ0v) is 12.6. The summed E-state index contributed by atoms with van der Waals surface area (Å²) in [5.74, 6) is -0.473. The minimum atomic E-state index is -0.881. The summed E-state index contributed by atoms with van der Waals surface area (Å²) in [6, 6.07) is 4.99. The number of aryl methyl sites for hydroxylation is 1. The van der Waals surface area contributed by atoms with Gasteiger partial charge in [0.15, 0.2) is 6.61 Å². The Bertz CT molecular complexity index is 546. The van der Waals surface area contributed by atoms with Crippen molar-refractivity contribution in [3.05, 3.63) is 28.8 Å². The number of rotatable bonds is 5. The molecule has 5 nitrogen and oxygen atoms in total. The van der Waals surface area contributed by atoms with Crippen LogP contribution in [-0.4, -0.2) is 41.1 Å². The highest BCUT2D eigenvalue weighted by molar-refractivity contribution is 6.31. The third kappa shape index (κ3) is 4.11. The van der Waals surface area contributed by atoms with Crippen molar-refractivity contribution in [2.24, 2.45) is 0 Å². The van der Waals surface area contributed by atoms with Crippen LogP contribution >= 0.6 is 11.6 Å². The molecule has 6 heteroatoms. The number of benzene rings is 1. The lowest BCUT2D eigenvalue weighted by Gasteiger charge is -2.23. The molecule has 1 unspecified atom stereocenters. The zero-order chi connectivity index (χ0) is 15.4. The third-order valence-electron chi connectivity index (χ3n) is 3.60. The van der Waals surface area contributed by atoms with E-state index in [2.05, 4.69) is 0 Å². The van der Waals surface area contributed by atoms with E-state index in [1.165, 1.54) is 0 Å². The minimum Gasteiger partial charge on any atom is -0.484 e. The van der Waals surface area contributed by atoms with E-state index < -0.39 is 5.97 Å². The number of carboxylic acids is 1. The van der Waals surface area contributed by atoms with Gasteiger partial charge in [-0.1, -0.05) is 11.6 Å². The lowest BCUT2D eigenvalue weighted by molar-refractivity contribution is -0.140. The van der Waals surface area contributed by atoms with Gasteiger partial charge in [-0.15, -0.1) is 0 Å². The van der Waals surface area contributed by atoms with Gasteiger partial charge in [0, 0.05) is 17.6 Å². The van der Waals surface area contributed by atoms with Crippen LogP contribution in [0.5, 0.6) is 5.75 Å². The molecule has 0 aliphatic carbocycles. The maximum Gasteiger partial charge on any atom is 0.305 e. The van der Waals surface area contributed by atoms with E-state index in [4.69, 9.17) is 21.4 Å². The molecule has 0 spiro atoms. The van der Waals surface area contributed by atoms with Gasteiger partial charge in [-0.25, -0.2) is 0 Å².